The lowest BCUT2D eigenvalue weighted by Crippen LogP contribution is -2.43. The highest BCUT2D eigenvalue weighted by Crippen LogP contribution is 2.14. The molecule has 0 aliphatic rings. The van der Waals surface area contributed by atoms with Gasteiger partial charge in [-0.15, -0.1) is 0 Å². The Balaban J connectivity index is 2.44. The molecular weight excluding hydrogens is 226 g/mol. The second kappa shape index (κ2) is 6.49. The molecule has 0 aliphatic carbocycles. The molecule has 90 valence electrons. The third-order valence-corrected chi connectivity index (χ3v) is 3.16. The molecule has 16 heavy (non-hydrogen) atoms. The van der Waals surface area contributed by atoms with E-state index in [0.717, 1.165) is 18.1 Å². The van der Waals surface area contributed by atoms with Gasteiger partial charge in [-0.05, 0) is 13.0 Å². The molecule has 0 spiro atoms. The number of nitrogens with zero attached hydrogens (tertiary/aromatic N) is 3. The molecule has 1 heterocycles. The first-order valence-corrected chi connectivity index (χ1v) is 6.13. The van der Waals surface area contributed by atoms with Gasteiger partial charge in [0.25, 0.3) is 0 Å². The number of nitrogens with one attached hydrogen (secondary N) is 1. The number of primary amides is 1. The lowest BCUT2D eigenvalue weighted by molar-refractivity contribution is -0.119. The molecule has 0 aromatic carbocycles. The average Bonchev–Trinajstić information content (AvgIpc) is 2.64. The summed E-state index contributed by atoms with van der Waals surface area (Å²) in [6.07, 6.45) is 2.46. The fourth-order valence-electron chi connectivity index (χ4n) is 1.13. The molecule has 0 saturated heterocycles. The highest BCUT2D eigenvalue weighted by atomic mass is 32.2. The van der Waals surface area contributed by atoms with E-state index in [-0.39, 0.29) is 11.9 Å². The van der Waals surface area contributed by atoms with E-state index in [1.807, 2.05) is 14.0 Å². The zero-order chi connectivity index (χ0) is 12.0. The predicted molar refractivity (Wildman–Crippen MR) is 63.0 cm³/mol. The van der Waals surface area contributed by atoms with Crippen LogP contribution in [-0.4, -0.2) is 39.0 Å². The summed E-state index contributed by atoms with van der Waals surface area (Å²) in [5.41, 5.74) is 5.30. The van der Waals surface area contributed by atoms with Crippen molar-refractivity contribution in [2.75, 3.05) is 12.3 Å². The lowest BCUT2D eigenvalue weighted by atomic mass is 10.3. The van der Waals surface area contributed by atoms with Crippen LogP contribution in [0, 0.1) is 0 Å². The summed E-state index contributed by atoms with van der Waals surface area (Å²) in [6.45, 7) is 2.83. The van der Waals surface area contributed by atoms with Crippen LogP contribution in [0.5, 0.6) is 0 Å². The SMILES string of the molecule is CCCNC(CSc1ncnn1C)C(N)=O. The van der Waals surface area contributed by atoms with E-state index >= 15 is 0 Å². The molecule has 0 aliphatic heterocycles. The van der Waals surface area contributed by atoms with Crippen molar-refractivity contribution in [2.24, 2.45) is 12.8 Å². The molecule has 1 rings (SSSR count). The largest absolute Gasteiger partial charge is 0.368 e. The predicted octanol–water partition coefficient (Wildman–Crippen LogP) is -0.239. The maximum Gasteiger partial charge on any atom is 0.235 e. The fourth-order valence-corrected chi connectivity index (χ4v) is 2.09. The van der Waals surface area contributed by atoms with E-state index in [2.05, 4.69) is 15.4 Å². The third kappa shape index (κ3) is 3.82. The van der Waals surface area contributed by atoms with Gasteiger partial charge in [0.2, 0.25) is 5.91 Å². The van der Waals surface area contributed by atoms with Crippen LogP contribution in [0.4, 0.5) is 0 Å². The zero-order valence-corrected chi connectivity index (χ0v) is 10.3. The number of aryl methyl sites for hydroxylation is 1. The molecule has 1 atom stereocenters. The molecule has 0 fully saturated rings. The average molecular weight is 243 g/mol. The van der Waals surface area contributed by atoms with E-state index in [0.29, 0.717) is 5.75 Å². The summed E-state index contributed by atoms with van der Waals surface area (Å²) in [7, 11) is 1.81. The van der Waals surface area contributed by atoms with Crippen LogP contribution in [0.15, 0.2) is 11.5 Å². The summed E-state index contributed by atoms with van der Waals surface area (Å²) in [5, 5.41) is 7.83. The Morgan fingerprint density at radius 2 is 2.50 bits per heavy atom. The Bertz CT molecular complexity index is 340. The van der Waals surface area contributed by atoms with E-state index in [1.165, 1.54) is 18.1 Å². The van der Waals surface area contributed by atoms with Crippen molar-refractivity contribution < 1.29 is 4.79 Å². The van der Waals surface area contributed by atoms with Gasteiger partial charge in [0, 0.05) is 12.8 Å². The number of aromatic nitrogens is 3. The van der Waals surface area contributed by atoms with Crippen molar-refractivity contribution in [1.29, 1.82) is 0 Å². The van der Waals surface area contributed by atoms with Crippen molar-refractivity contribution in [1.82, 2.24) is 20.1 Å². The molecule has 1 aromatic heterocycles. The van der Waals surface area contributed by atoms with E-state index in [9.17, 15) is 4.79 Å². The number of hydrogen-bond donors (Lipinski definition) is 2. The summed E-state index contributed by atoms with van der Waals surface area (Å²) < 4.78 is 1.67. The number of amides is 1. The smallest absolute Gasteiger partial charge is 0.235 e. The minimum absolute atomic E-state index is 0.318. The third-order valence-electron chi connectivity index (χ3n) is 2.03. The van der Waals surface area contributed by atoms with Gasteiger partial charge in [0.05, 0.1) is 6.04 Å². The number of thioether (sulfide) groups is 1. The van der Waals surface area contributed by atoms with Crippen molar-refractivity contribution in [3.63, 3.8) is 0 Å². The van der Waals surface area contributed by atoms with Crippen LogP contribution in [0.1, 0.15) is 13.3 Å². The van der Waals surface area contributed by atoms with Gasteiger partial charge in [0.1, 0.15) is 6.33 Å². The molecule has 7 heteroatoms. The first-order chi connectivity index (χ1) is 7.65. The van der Waals surface area contributed by atoms with Crippen molar-refractivity contribution in [3.8, 4) is 0 Å². The number of carbonyl (C=O) groups excluding carboxylic acids is 1. The van der Waals surface area contributed by atoms with Gasteiger partial charge >= 0.3 is 0 Å². The normalized spacial score (nSPS) is 12.6. The van der Waals surface area contributed by atoms with Gasteiger partial charge in [-0.1, -0.05) is 18.7 Å². The van der Waals surface area contributed by atoms with Gasteiger partial charge in [0.15, 0.2) is 5.16 Å². The Morgan fingerprint density at radius 3 is 3.00 bits per heavy atom. The number of carbonyl (C=O) groups is 1. The van der Waals surface area contributed by atoms with Gasteiger partial charge in [-0.2, -0.15) is 5.10 Å². The first-order valence-electron chi connectivity index (χ1n) is 5.14. The Hall–Kier alpha value is -1.08. The van der Waals surface area contributed by atoms with Crippen molar-refractivity contribution in [2.45, 2.75) is 24.5 Å². The quantitative estimate of drug-likeness (QED) is 0.646. The second-order valence-corrected chi connectivity index (χ2v) is 4.37. The van der Waals surface area contributed by atoms with Crippen LogP contribution in [0.2, 0.25) is 0 Å². The summed E-state index contributed by atoms with van der Waals surface area (Å²) in [6, 6.07) is -0.318. The number of hydrogen-bond acceptors (Lipinski definition) is 5. The highest BCUT2D eigenvalue weighted by Gasteiger charge is 2.15. The topological polar surface area (TPSA) is 85.8 Å². The van der Waals surface area contributed by atoms with E-state index < -0.39 is 0 Å². The zero-order valence-electron chi connectivity index (χ0n) is 9.51. The molecule has 3 N–H and O–H groups in total. The minimum atomic E-state index is -0.330. The van der Waals surface area contributed by atoms with Crippen LogP contribution >= 0.6 is 11.8 Å². The van der Waals surface area contributed by atoms with E-state index in [4.69, 9.17) is 5.73 Å². The van der Waals surface area contributed by atoms with Gasteiger partial charge in [-0.25, -0.2) is 9.67 Å². The molecule has 1 unspecified atom stereocenters. The van der Waals surface area contributed by atoms with Crippen molar-refractivity contribution in [3.05, 3.63) is 6.33 Å². The minimum Gasteiger partial charge on any atom is -0.368 e. The van der Waals surface area contributed by atoms with Crippen LogP contribution in [-0.2, 0) is 11.8 Å². The molecule has 1 aromatic rings. The molecule has 0 radical (unpaired) electrons. The number of nitrogens with two attached hydrogens (primary N) is 1. The second-order valence-electron chi connectivity index (χ2n) is 3.39. The molecule has 0 saturated carbocycles. The first kappa shape index (κ1) is 13.0. The Labute approximate surface area is 99.0 Å². The molecule has 0 bridgehead atoms. The van der Waals surface area contributed by atoms with Gasteiger partial charge < -0.3 is 11.1 Å². The Morgan fingerprint density at radius 1 is 1.75 bits per heavy atom. The molecular formula is C9H17N5OS. The highest BCUT2D eigenvalue weighted by molar-refractivity contribution is 7.99. The van der Waals surface area contributed by atoms with Crippen LogP contribution in [0.3, 0.4) is 0 Å². The van der Waals surface area contributed by atoms with E-state index in [1.54, 1.807) is 4.68 Å². The maximum absolute atomic E-state index is 11.2. The molecule has 6 nitrogen and oxygen atoms in total. The van der Waals surface area contributed by atoms with Crippen LogP contribution < -0.4 is 11.1 Å². The standard InChI is InChI=1S/C9H17N5OS/c1-3-4-11-7(8(10)15)5-16-9-12-6-13-14(9)2/h6-7,11H,3-5H2,1-2H3,(H2,10,15). The summed E-state index contributed by atoms with van der Waals surface area (Å²) >= 11 is 1.47. The maximum atomic E-state index is 11.2. The summed E-state index contributed by atoms with van der Waals surface area (Å²) in [4.78, 5) is 15.2. The lowest BCUT2D eigenvalue weighted by Gasteiger charge is -2.13. The number of rotatable bonds is 7. The Kier molecular flexibility index (Phi) is 5.27. The van der Waals surface area contributed by atoms with Crippen molar-refractivity contribution >= 4 is 17.7 Å². The monoisotopic (exact) mass is 243 g/mol. The van der Waals surface area contributed by atoms with Gasteiger partial charge in [-0.3, -0.25) is 4.79 Å². The summed E-state index contributed by atoms with van der Waals surface area (Å²) in [5.74, 6) is 0.241. The fraction of sp³-hybridized carbons (Fsp3) is 0.667. The molecule has 1 amide bonds. The van der Waals surface area contributed by atoms with Crippen LogP contribution in [0.25, 0.3) is 0 Å².